The number of halogens is 1. The second-order valence-corrected chi connectivity index (χ2v) is 9.90. The largest absolute Gasteiger partial charge is 0.356 e. The summed E-state index contributed by atoms with van der Waals surface area (Å²) in [6.45, 7) is 6.57. The SMILES string of the molecule is C=CC(=O)N1CC2CC1(C#Cc1cnccc1-c1[nH]c3c(c1Nc1cccc(F)c1C)C(=O)NCC3)C2. The summed E-state index contributed by atoms with van der Waals surface area (Å²) < 4.78 is 14.3. The minimum absolute atomic E-state index is 0.0966. The zero-order chi connectivity index (χ0) is 25.7. The van der Waals surface area contributed by atoms with E-state index >= 15 is 0 Å². The highest BCUT2D eigenvalue weighted by atomic mass is 19.1. The van der Waals surface area contributed by atoms with Gasteiger partial charge in [0.2, 0.25) is 5.91 Å². The minimum Gasteiger partial charge on any atom is -0.356 e. The Labute approximate surface area is 214 Å². The lowest BCUT2D eigenvalue weighted by Gasteiger charge is -2.37. The molecular weight excluding hydrogens is 469 g/mol. The van der Waals surface area contributed by atoms with Crippen LogP contribution in [0.3, 0.4) is 0 Å². The lowest BCUT2D eigenvalue weighted by atomic mass is 9.73. The number of rotatable bonds is 4. The molecule has 186 valence electrons. The van der Waals surface area contributed by atoms with E-state index in [2.05, 4.69) is 39.0 Å². The molecule has 7 rings (SSSR count). The Morgan fingerprint density at radius 3 is 3.00 bits per heavy atom. The highest BCUT2D eigenvalue weighted by molar-refractivity contribution is 6.06. The van der Waals surface area contributed by atoms with Crippen molar-refractivity contribution in [2.24, 2.45) is 5.92 Å². The number of aromatic nitrogens is 2. The Morgan fingerprint density at radius 1 is 1.35 bits per heavy atom. The van der Waals surface area contributed by atoms with Gasteiger partial charge in [0.1, 0.15) is 11.4 Å². The molecule has 1 aliphatic carbocycles. The van der Waals surface area contributed by atoms with E-state index in [0.29, 0.717) is 59.2 Å². The molecule has 1 aromatic carbocycles. The van der Waals surface area contributed by atoms with Crippen molar-refractivity contribution in [1.82, 2.24) is 20.2 Å². The van der Waals surface area contributed by atoms with Crippen LogP contribution in [0.5, 0.6) is 0 Å². The van der Waals surface area contributed by atoms with Gasteiger partial charge in [0, 0.05) is 54.4 Å². The van der Waals surface area contributed by atoms with Gasteiger partial charge < -0.3 is 20.5 Å². The number of benzene rings is 1. The van der Waals surface area contributed by atoms with Gasteiger partial charge in [0.05, 0.1) is 22.5 Å². The zero-order valence-corrected chi connectivity index (χ0v) is 20.5. The fourth-order valence-electron chi connectivity index (χ4n) is 5.74. The van der Waals surface area contributed by atoms with Crippen LogP contribution >= 0.6 is 0 Å². The highest BCUT2D eigenvalue weighted by Crippen LogP contribution is 2.50. The molecule has 2 bridgehead atoms. The van der Waals surface area contributed by atoms with Gasteiger partial charge in [-0.3, -0.25) is 14.6 Å². The second-order valence-electron chi connectivity index (χ2n) is 9.90. The Morgan fingerprint density at radius 2 is 2.19 bits per heavy atom. The summed E-state index contributed by atoms with van der Waals surface area (Å²) in [4.78, 5) is 34.9. The normalized spacial score (nSPS) is 21.3. The number of amides is 2. The van der Waals surface area contributed by atoms with Gasteiger partial charge >= 0.3 is 0 Å². The van der Waals surface area contributed by atoms with Crippen LogP contribution in [0.2, 0.25) is 0 Å². The van der Waals surface area contributed by atoms with Gasteiger partial charge in [-0.2, -0.15) is 0 Å². The number of pyridine rings is 1. The second kappa shape index (κ2) is 8.63. The summed E-state index contributed by atoms with van der Waals surface area (Å²) >= 11 is 0. The molecule has 8 heteroatoms. The van der Waals surface area contributed by atoms with E-state index in [-0.39, 0.29) is 17.6 Å². The highest BCUT2D eigenvalue weighted by Gasteiger charge is 2.56. The average Bonchev–Trinajstić information content (AvgIpc) is 3.55. The van der Waals surface area contributed by atoms with Crippen LogP contribution in [0.25, 0.3) is 11.3 Å². The summed E-state index contributed by atoms with van der Waals surface area (Å²) in [5.41, 5.74) is 4.59. The molecular formula is C29H26FN5O2. The van der Waals surface area contributed by atoms with Crippen molar-refractivity contribution < 1.29 is 14.0 Å². The van der Waals surface area contributed by atoms with E-state index in [9.17, 15) is 14.0 Å². The minimum atomic E-state index is -0.475. The molecule has 5 heterocycles. The van der Waals surface area contributed by atoms with Crippen LogP contribution in [0, 0.1) is 30.5 Å². The number of carbonyl (C=O) groups excluding carboxylic acids is 2. The maximum absolute atomic E-state index is 14.3. The Hall–Kier alpha value is -4.38. The van der Waals surface area contributed by atoms with Crippen molar-refractivity contribution in [3.05, 3.63) is 77.5 Å². The van der Waals surface area contributed by atoms with Gasteiger partial charge in [0.15, 0.2) is 0 Å². The van der Waals surface area contributed by atoms with Gasteiger partial charge in [-0.15, -0.1) is 0 Å². The van der Waals surface area contributed by atoms with E-state index in [0.717, 1.165) is 24.1 Å². The molecule has 0 spiro atoms. The number of aromatic amines is 1. The quantitative estimate of drug-likeness (QED) is 0.376. The molecule has 0 unspecified atom stereocenters. The third-order valence-electron chi connectivity index (χ3n) is 7.66. The zero-order valence-electron chi connectivity index (χ0n) is 20.5. The topological polar surface area (TPSA) is 90.1 Å². The fraction of sp³-hybridized carbons (Fsp3) is 0.276. The summed E-state index contributed by atoms with van der Waals surface area (Å²) in [6.07, 6.45) is 7.09. The molecule has 1 saturated carbocycles. The first-order chi connectivity index (χ1) is 17.9. The number of anilines is 2. The summed E-state index contributed by atoms with van der Waals surface area (Å²) in [7, 11) is 0. The van der Waals surface area contributed by atoms with Crippen LogP contribution in [0.4, 0.5) is 15.8 Å². The third kappa shape index (κ3) is 3.70. The first-order valence-corrected chi connectivity index (χ1v) is 12.4. The first-order valence-electron chi connectivity index (χ1n) is 12.4. The van der Waals surface area contributed by atoms with Gasteiger partial charge in [0.25, 0.3) is 5.91 Å². The summed E-state index contributed by atoms with van der Waals surface area (Å²) in [6, 6.07) is 6.68. The number of nitrogens with zero attached hydrogens (tertiary/aromatic N) is 2. The maximum Gasteiger partial charge on any atom is 0.255 e. The van der Waals surface area contributed by atoms with Crippen molar-refractivity contribution >= 4 is 23.2 Å². The van der Waals surface area contributed by atoms with Gasteiger partial charge in [-0.05, 0) is 50.0 Å². The predicted octanol–water partition coefficient (Wildman–Crippen LogP) is 4.08. The fourth-order valence-corrected chi connectivity index (χ4v) is 5.74. The van der Waals surface area contributed by atoms with E-state index in [1.807, 2.05) is 11.0 Å². The number of hydrogen-bond donors (Lipinski definition) is 3. The van der Waals surface area contributed by atoms with E-state index in [1.165, 1.54) is 12.1 Å². The number of fused-ring (bicyclic) bond motifs is 2. The van der Waals surface area contributed by atoms with Crippen LogP contribution in [-0.4, -0.2) is 45.3 Å². The molecule has 3 aromatic rings. The number of H-pyrrole nitrogens is 1. The van der Waals surface area contributed by atoms with Crippen LogP contribution in [0.1, 0.15) is 40.0 Å². The van der Waals surface area contributed by atoms with Crippen molar-refractivity contribution in [1.29, 1.82) is 0 Å². The molecule has 7 nitrogen and oxygen atoms in total. The first kappa shape index (κ1) is 23.0. The monoisotopic (exact) mass is 495 g/mol. The summed E-state index contributed by atoms with van der Waals surface area (Å²) in [5, 5.41) is 6.23. The molecule has 3 fully saturated rings. The molecule has 0 radical (unpaired) electrons. The smallest absolute Gasteiger partial charge is 0.255 e. The van der Waals surface area contributed by atoms with E-state index < -0.39 is 5.54 Å². The van der Waals surface area contributed by atoms with Crippen molar-refractivity contribution in [2.75, 3.05) is 18.4 Å². The molecule has 3 N–H and O–H groups in total. The Bertz CT molecular complexity index is 1520. The van der Waals surface area contributed by atoms with Crippen molar-refractivity contribution in [3.8, 4) is 23.1 Å². The molecule has 3 aliphatic heterocycles. The lowest BCUT2D eigenvalue weighted by molar-refractivity contribution is -0.127. The average molecular weight is 496 g/mol. The predicted molar refractivity (Wildman–Crippen MR) is 139 cm³/mol. The number of carbonyl (C=O) groups is 2. The molecule has 2 amide bonds. The standard InChI is InChI=1S/C29H26FN5O2/c1-3-24(36)35-16-18-13-29(35,14-18)10-7-19-15-31-11-8-20(19)26-27(25-23(34-26)9-12-32-28(25)37)33-22-6-4-5-21(30)17(22)2/h3-6,8,11,15,18,33-34H,1,9,12-14,16H2,2H3,(H,32,37). The molecule has 0 atom stereocenters. The van der Waals surface area contributed by atoms with Crippen molar-refractivity contribution in [2.45, 2.75) is 31.7 Å². The van der Waals surface area contributed by atoms with Crippen LogP contribution < -0.4 is 10.6 Å². The molecule has 37 heavy (non-hydrogen) atoms. The van der Waals surface area contributed by atoms with Crippen molar-refractivity contribution in [3.63, 3.8) is 0 Å². The van der Waals surface area contributed by atoms with Crippen LogP contribution in [0.15, 0.2) is 49.3 Å². The van der Waals surface area contributed by atoms with Gasteiger partial charge in [-0.1, -0.05) is 24.5 Å². The Kier molecular flexibility index (Phi) is 5.37. The number of nitrogens with one attached hydrogen (secondary N) is 3. The lowest BCUT2D eigenvalue weighted by Crippen LogP contribution is -2.46. The third-order valence-corrected chi connectivity index (χ3v) is 7.66. The van der Waals surface area contributed by atoms with E-state index in [4.69, 9.17) is 0 Å². The maximum atomic E-state index is 14.3. The van der Waals surface area contributed by atoms with Crippen LogP contribution in [-0.2, 0) is 11.2 Å². The molecule has 2 aromatic heterocycles. The van der Waals surface area contributed by atoms with Gasteiger partial charge in [-0.25, -0.2) is 4.39 Å². The Balaban J connectivity index is 1.46. The molecule has 2 saturated heterocycles. The molecule has 4 aliphatic rings. The number of hydrogen-bond acceptors (Lipinski definition) is 4. The summed E-state index contributed by atoms with van der Waals surface area (Å²) in [5.74, 6) is 6.53. The van der Waals surface area contributed by atoms with E-state index in [1.54, 1.807) is 31.5 Å².